The third kappa shape index (κ3) is 6.07. The van der Waals surface area contributed by atoms with Crippen molar-refractivity contribution in [2.45, 2.75) is 58.7 Å². The van der Waals surface area contributed by atoms with Crippen molar-refractivity contribution in [2.24, 2.45) is 5.41 Å². The van der Waals surface area contributed by atoms with Crippen molar-refractivity contribution >= 4 is 10.0 Å². The van der Waals surface area contributed by atoms with Gasteiger partial charge in [0.05, 0.1) is 6.54 Å². The average molecular weight is 302 g/mol. The fraction of sp³-hybridized carbons (Fsp3) is 0.714. The molecule has 0 saturated carbocycles. The second-order valence-electron chi connectivity index (χ2n) is 6.46. The first kappa shape index (κ1) is 17.2. The zero-order valence-corrected chi connectivity index (χ0v) is 13.8. The number of nitrogens with one attached hydrogen (secondary N) is 2. The minimum atomic E-state index is -3.54. The van der Waals surface area contributed by atoms with Crippen LogP contribution in [0, 0.1) is 5.41 Å². The van der Waals surface area contributed by atoms with Crippen molar-refractivity contribution in [3.8, 4) is 0 Å². The Balaban J connectivity index is 2.59. The number of hydrogen-bond donors (Lipinski definition) is 2. The summed E-state index contributed by atoms with van der Waals surface area (Å²) in [7, 11) is -3.54. The van der Waals surface area contributed by atoms with E-state index in [0.29, 0.717) is 24.9 Å². The van der Waals surface area contributed by atoms with Gasteiger partial charge < -0.3 is 9.73 Å². The van der Waals surface area contributed by atoms with Gasteiger partial charge in [-0.1, -0.05) is 34.6 Å². The summed E-state index contributed by atoms with van der Waals surface area (Å²) in [5.74, 6) is 0.620. The van der Waals surface area contributed by atoms with Gasteiger partial charge in [0.1, 0.15) is 5.76 Å². The molecule has 20 heavy (non-hydrogen) atoms. The molecule has 0 saturated heterocycles. The first-order valence-corrected chi connectivity index (χ1v) is 8.40. The van der Waals surface area contributed by atoms with E-state index < -0.39 is 10.0 Å². The lowest BCUT2D eigenvalue weighted by atomic mass is 9.93. The normalized spacial score (nSPS) is 13.1. The van der Waals surface area contributed by atoms with Crippen LogP contribution in [0.25, 0.3) is 0 Å². The summed E-state index contributed by atoms with van der Waals surface area (Å²) in [6, 6.07) is 3.51. The molecule has 0 aliphatic rings. The molecule has 1 aromatic rings. The Labute approximate surface area is 122 Å². The molecular formula is C14H26N2O3S. The fourth-order valence-corrected chi connectivity index (χ4v) is 2.51. The minimum Gasteiger partial charge on any atom is -0.447 e. The van der Waals surface area contributed by atoms with Gasteiger partial charge in [0.15, 0.2) is 0 Å². The van der Waals surface area contributed by atoms with Gasteiger partial charge in [0.2, 0.25) is 5.09 Å². The highest BCUT2D eigenvalue weighted by atomic mass is 32.2. The smallest absolute Gasteiger partial charge is 0.273 e. The largest absolute Gasteiger partial charge is 0.447 e. The molecule has 0 atom stereocenters. The van der Waals surface area contributed by atoms with Crippen molar-refractivity contribution in [3.63, 3.8) is 0 Å². The van der Waals surface area contributed by atoms with E-state index in [4.69, 9.17) is 4.42 Å². The van der Waals surface area contributed by atoms with Crippen LogP contribution >= 0.6 is 0 Å². The van der Waals surface area contributed by atoms with Crippen molar-refractivity contribution in [3.05, 3.63) is 17.9 Å². The van der Waals surface area contributed by atoms with Crippen molar-refractivity contribution in [1.29, 1.82) is 0 Å². The Morgan fingerprint density at radius 3 is 2.45 bits per heavy atom. The number of sulfonamides is 1. The van der Waals surface area contributed by atoms with Gasteiger partial charge in [-0.2, -0.15) is 0 Å². The molecule has 1 aromatic heterocycles. The van der Waals surface area contributed by atoms with Gasteiger partial charge in [0.25, 0.3) is 10.0 Å². The maximum absolute atomic E-state index is 12.0. The molecule has 6 heteroatoms. The summed E-state index contributed by atoms with van der Waals surface area (Å²) in [5.41, 5.74) is 0.0953. The molecule has 0 fully saturated rings. The summed E-state index contributed by atoms with van der Waals surface area (Å²) in [6.45, 7) is 11.2. The zero-order chi connectivity index (χ0) is 15.4. The summed E-state index contributed by atoms with van der Waals surface area (Å²) >= 11 is 0. The summed E-state index contributed by atoms with van der Waals surface area (Å²) in [6.07, 6.45) is 0.773. The van der Waals surface area contributed by atoms with Crippen LogP contribution in [-0.2, 0) is 16.6 Å². The molecule has 0 aliphatic carbocycles. The molecule has 1 heterocycles. The van der Waals surface area contributed by atoms with Gasteiger partial charge >= 0.3 is 0 Å². The third-order valence-corrected chi connectivity index (χ3v) is 4.09. The third-order valence-electron chi connectivity index (χ3n) is 2.75. The summed E-state index contributed by atoms with van der Waals surface area (Å²) < 4.78 is 32.0. The molecule has 0 radical (unpaired) electrons. The van der Waals surface area contributed by atoms with Crippen LogP contribution in [0.2, 0.25) is 0 Å². The Hall–Kier alpha value is -0.850. The van der Waals surface area contributed by atoms with Crippen molar-refractivity contribution in [2.75, 3.05) is 6.54 Å². The number of hydrogen-bond acceptors (Lipinski definition) is 4. The Bertz CT molecular complexity index is 513. The molecule has 0 bridgehead atoms. The summed E-state index contributed by atoms with van der Waals surface area (Å²) in [5, 5.41) is 3.16. The standard InChI is InChI=1S/C14H26N2O3S/c1-11(2)15-10-12-6-7-13(19-12)20(17,18)16-9-8-14(3,4)5/h6-7,11,15-16H,8-10H2,1-5H3. The quantitative estimate of drug-likeness (QED) is 0.812. The molecule has 116 valence electrons. The Kier molecular flexibility index (Phi) is 5.79. The van der Waals surface area contributed by atoms with E-state index in [1.54, 1.807) is 6.07 Å². The highest BCUT2D eigenvalue weighted by Gasteiger charge is 2.19. The number of furan rings is 1. The number of rotatable bonds is 7. The van der Waals surface area contributed by atoms with Crippen LogP contribution in [-0.4, -0.2) is 21.0 Å². The molecule has 0 spiro atoms. The maximum Gasteiger partial charge on any atom is 0.273 e. The average Bonchev–Trinajstić information content (AvgIpc) is 2.73. The van der Waals surface area contributed by atoms with Crippen LogP contribution in [0.5, 0.6) is 0 Å². The van der Waals surface area contributed by atoms with Crippen LogP contribution in [0.15, 0.2) is 21.6 Å². The lowest BCUT2D eigenvalue weighted by molar-refractivity contribution is 0.372. The molecule has 1 rings (SSSR count). The second-order valence-corrected chi connectivity index (χ2v) is 8.16. The van der Waals surface area contributed by atoms with Gasteiger partial charge in [-0.15, -0.1) is 0 Å². The molecule has 0 unspecified atom stereocenters. The van der Waals surface area contributed by atoms with Crippen LogP contribution in [0.1, 0.15) is 46.8 Å². The predicted molar refractivity (Wildman–Crippen MR) is 79.9 cm³/mol. The van der Waals surface area contributed by atoms with E-state index >= 15 is 0 Å². The molecule has 0 aromatic carbocycles. The van der Waals surface area contributed by atoms with Crippen molar-refractivity contribution in [1.82, 2.24) is 10.0 Å². The zero-order valence-electron chi connectivity index (χ0n) is 13.0. The maximum atomic E-state index is 12.0. The van der Waals surface area contributed by atoms with Crippen LogP contribution in [0.4, 0.5) is 0 Å². The van der Waals surface area contributed by atoms with Gasteiger partial charge in [-0.3, -0.25) is 0 Å². The van der Waals surface area contributed by atoms with E-state index in [9.17, 15) is 8.42 Å². The molecule has 5 nitrogen and oxygen atoms in total. The SMILES string of the molecule is CC(C)NCc1ccc(S(=O)(=O)NCCC(C)(C)C)o1. The molecule has 0 amide bonds. The predicted octanol–water partition coefficient (Wildman–Crippen LogP) is 2.49. The van der Waals surface area contributed by atoms with Gasteiger partial charge in [-0.05, 0) is 24.0 Å². The first-order chi connectivity index (χ1) is 9.10. The highest BCUT2D eigenvalue weighted by molar-refractivity contribution is 7.89. The highest BCUT2D eigenvalue weighted by Crippen LogP contribution is 2.18. The monoisotopic (exact) mass is 302 g/mol. The van der Waals surface area contributed by atoms with E-state index in [2.05, 4.69) is 30.8 Å². The first-order valence-electron chi connectivity index (χ1n) is 6.92. The molecule has 2 N–H and O–H groups in total. The second kappa shape index (κ2) is 6.74. The van der Waals surface area contributed by atoms with Gasteiger partial charge in [0, 0.05) is 12.6 Å². The van der Waals surface area contributed by atoms with Crippen molar-refractivity contribution < 1.29 is 12.8 Å². The van der Waals surface area contributed by atoms with E-state index in [0.717, 1.165) is 6.42 Å². The summed E-state index contributed by atoms with van der Waals surface area (Å²) in [4.78, 5) is 0. The lowest BCUT2D eigenvalue weighted by Gasteiger charge is -2.17. The lowest BCUT2D eigenvalue weighted by Crippen LogP contribution is -2.27. The molecular weight excluding hydrogens is 276 g/mol. The topological polar surface area (TPSA) is 71.3 Å². The van der Waals surface area contributed by atoms with Gasteiger partial charge in [-0.25, -0.2) is 13.1 Å². The van der Waals surface area contributed by atoms with Crippen LogP contribution in [0.3, 0.4) is 0 Å². The fourth-order valence-electron chi connectivity index (χ4n) is 1.53. The minimum absolute atomic E-state index is 0.0213. The van der Waals surface area contributed by atoms with E-state index in [1.807, 2.05) is 13.8 Å². The van der Waals surface area contributed by atoms with E-state index in [-0.39, 0.29) is 10.5 Å². The molecule has 0 aliphatic heterocycles. The van der Waals surface area contributed by atoms with Crippen LogP contribution < -0.4 is 10.0 Å². The Morgan fingerprint density at radius 1 is 1.25 bits per heavy atom. The Morgan fingerprint density at radius 2 is 1.90 bits per heavy atom. The van der Waals surface area contributed by atoms with E-state index in [1.165, 1.54) is 6.07 Å².